The van der Waals surface area contributed by atoms with Crippen LogP contribution < -0.4 is 0 Å². The van der Waals surface area contributed by atoms with Gasteiger partial charge in [-0.15, -0.1) is 0 Å². The summed E-state index contributed by atoms with van der Waals surface area (Å²) in [7, 11) is 0. The van der Waals surface area contributed by atoms with Crippen LogP contribution in [0.15, 0.2) is 35.5 Å². The molecule has 0 fully saturated rings. The number of hydrogen-bond acceptors (Lipinski definition) is 0. The Bertz CT molecular complexity index is 274. The van der Waals surface area contributed by atoms with E-state index in [1.165, 1.54) is 62.5 Å². The Morgan fingerprint density at radius 1 is 0.789 bits per heavy atom. The molecule has 0 nitrogen and oxygen atoms in total. The maximum Gasteiger partial charge on any atom is -0.0167 e. The van der Waals surface area contributed by atoms with Crippen molar-refractivity contribution in [1.82, 2.24) is 0 Å². The van der Waals surface area contributed by atoms with Gasteiger partial charge in [-0.2, -0.15) is 0 Å². The summed E-state index contributed by atoms with van der Waals surface area (Å²) in [5, 5.41) is 0. The van der Waals surface area contributed by atoms with Gasteiger partial charge in [0.05, 0.1) is 0 Å². The maximum absolute atomic E-state index is 2.37. The second-order valence-corrected chi connectivity index (χ2v) is 5.78. The molecule has 0 aliphatic heterocycles. The lowest BCUT2D eigenvalue weighted by molar-refractivity contribution is 0.637. The Hall–Kier alpha value is -0.780. The Labute approximate surface area is 121 Å². The summed E-state index contributed by atoms with van der Waals surface area (Å²) >= 11 is 0. The van der Waals surface area contributed by atoms with Gasteiger partial charge in [0, 0.05) is 0 Å². The van der Waals surface area contributed by atoms with Crippen molar-refractivity contribution in [3.05, 3.63) is 35.5 Å². The summed E-state index contributed by atoms with van der Waals surface area (Å²) in [5.41, 5.74) is 2.95. The van der Waals surface area contributed by atoms with Crippen molar-refractivity contribution in [3.8, 4) is 0 Å². The van der Waals surface area contributed by atoms with Crippen LogP contribution in [-0.4, -0.2) is 0 Å². The van der Waals surface area contributed by atoms with E-state index in [1.54, 1.807) is 0 Å². The van der Waals surface area contributed by atoms with Gasteiger partial charge in [-0.3, -0.25) is 0 Å². The highest BCUT2D eigenvalue weighted by molar-refractivity contribution is 5.04. The van der Waals surface area contributed by atoms with E-state index in [1.807, 2.05) is 0 Å². The quantitative estimate of drug-likeness (QED) is 0.278. The number of rotatable bonds is 11. The molecule has 0 heteroatoms. The molecule has 0 aliphatic carbocycles. The molecule has 0 aromatic rings. The van der Waals surface area contributed by atoms with Gasteiger partial charge in [0.1, 0.15) is 0 Å². The highest BCUT2D eigenvalue weighted by Crippen LogP contribution is 2.09. The van der Waals surface area contributed by atoms with Crippen molar-refractivity contribution in [2.24, 2.45) is 0 Å². The molecule has 0 atom stereocenters. The molecule has 0 aliphatic rings. The first-order valence-electron chi connectivity index (χ1n) is 8.10. The molecule has 0 aromatic heterocycles. The van der Waals surface area contributed by atoms with Gasteiger partial charge in [0.15, 0.2) is 0 Å². The molecule has 0 rings (SSSR count). The summed E-state index contributed by atoms with van der Waals surface area (Å²) in [6.07, 6.45) is 21.0. The minimum atomic E-state index is 1.11. The predicted molar refractivity (Wildman–Crippen MR) is 89.6 cm³/mol. The Balaban J connectivity index is 3.51. The average Bonchev–Trinajstić information content (AvgIpc) is 2.36. The topological polar surface area (TPSA) is 0 Å². The van der Waals surface area contributed by atoms with E-state index in [0.717, 1.165) is 6.42 Å². The fraction of sp³-hybridized carbons (Fsp3) is 0.684. The first kappa shape index (κ1) is 18.2. The summed E-state index contributed by atoms with van der Waals surface area (Å²) in [6.45, 7) is 8.86. The fourth-order valence-corrected chi connectivity index (χ4v) is 2.04. The minimum absolute atomic E-state index is 1.11. The van der Waals surface area contributed by atoms with Crippen molar-refractivity contribution >= 4 is 0 Å². The Morgan fingerprint density at radius 2 is 1.53 bits per heavy atom. The lowest BCUT2D eigenvalue weighted by atomic mass is 10.1. The first-order valence-corrected chi connectivity index (χ1v) is 8.10. The van der Waals surface area contributed by atoms with Gasteiger partial charge < -0.3 is 0 Å². The van der Waals surface area contributed by atoms with Gasteiger partial charge in [-0.1, -0.05) is 68.1 Å². The summed E-state index contributed by atoms with van der Waals surface area (Å²) < 4.78 is 0. The Kier molecular flexibility index (Phi) is 13.1. The summed E-state index contributed by atoms with van der Waals surface area (Å²) in [6, 6.07) is 0. The SMILES string of the molecule is CCCCCCCC=CCC=C(C)CCC=C(C)C. The van der Waals surface area contributed by atoms with Crippen LogP contribution in [-0.2, 0) is 0 Å². The second-order valence-electron chi connectivity index (χ2n) is 5.78. The van der Waals surface area contributed by atoms with Crippen molar-refractivity contribution in [1.29, 1.82) is 0 Å². The molecule has 0 N–H and O–H groups in total. The standard InChI is InChI=1S/C19H34/c1-5-6-7-8-9-10-11-12-13-16-19(4)17-14-15-18(2)3/h11-12,15-16H,5-10,13-14,17H2,1-4H3. The molecule has 19 heavy (non-hydrogen) atoms. The second kappa shape index (κ2) is 13.6. The van der Waals surface area contributed by atoms with Gasteiger partial charge >= 0.3 is 0 Å². The average molecular weight is 262 g/mol. The number of allylic oxidation sites excluding steroid dienone is 6. The molecule has 0 bridgehead atoms. The smallest absolute Gasteiger partial charge is 0.0167 e. The van der Waals surface area contributed by atoms with Crippen LogP contribution in [0.2, 0.25) is 0 Å². The number of hydrogen-bond donors (Lipinski definition) is 0. The third-order valence-corrected chi connectivity index (χ3v) is 3.33. The summed E-state index contributed by atoms with van der Waals surface area (Å²) in [5.74, 6) is 0. The molecule has 0 unspecified atom stereocenters. The maximum atomic E-state index is 2.37. The molecule has 0 saturated carbocycles. The van der Waals surface area contributed by atoms with E-state index in [2.05, 4.69) is 52.0 Å². The predicted octanol–water partition coefficient (Wildman–Crippen LogP) is 6.99. The normalized spacial score (nSPS) is 12.1. The fourth-order valence-electron chi connectivity index (χ4n) is 2.04. The van der Waals surface area contributed by atoms with Crippen LogP contribution >= 0.6 is 0 Å². The van der Waals surface area contributed by atoms with Crippen LogP contribution in [0.3, 0.4) is 0 Å². The van der Waals surface area contributed by atoms with Gasteiger partial charge in [0.2, 0.25) is 0 Å². The van der Waals surface area contributed by atoms with Crippen LogP contribution in [0.4, 0.5) is 0 Å². The van der Waals surface area contributed by atoms with Crippen LogP contribution in [0, 0.1) is 0 Å². The third-order valence-electron chi connectivity index (χ3n) is 3.33. The van der Waals surface area contributed by atoms with Gasteiger partial charge in [-0.05, 0) is 52.9 Å². The zero-order chi connectivity index (χ0) is 14.3. The molecular formula is C19H34. The van der Waals surface area contributed by atoms with Crippen molar-refractivity contribution < 1.29 is 0 Å². The molecule has 110 valence electrons. The van der Waals surface area contributed by atoms with E-state index in [4.69, 9.17) is 0 Å². The van der Waals surface area contributed by atoms with Crippen LogP contribution in [0.5, 0.6) is 0 Å². The van der Waals surface area contributed by atoms with Gasteiger partial charge in [-0.25, -0.2) is 0 Å². The van der Waals surface area contributed by atoms with Crippen molar-refractivity contribution in [2.45, 2.75) is 85.5 Å². The molecule has 0 amide bonds. The summed E-state index contributed by atoms with van der Waals surface area (Å²) in [4.78, 5) is 0. The molecule has 0 radical (unpaired) electrons. The van der Waals surface area contributed by atoms with E-state index >= 15 is 0 Å². The zero-order valence-electron chi connectivity index (χ0n) is 13.7. The first-order chi connectivity index (χ1) is 9.16. The highest BCUT2D eigenvalue weighted by Gasteiger charge is 1.88. The van der Waals surface area contributed by atoms with E-state index in [9.17, 15) is 0 Å². The molecule has 0 saturated heterocycles. The molecular weight excluding hydrogens is 228 g/mol. The monoisotopic (exact) mass is 262 g/mol. The van der Waals surface area contributed by atoms with Crippen LogP contribution in [0.25, 0.3) is 0 Å². The van der Waals surface area contributed by atoms with Crippen molar-refractivity contribution in [3.63, 3.8) is 0 Å². The Morgan fingerprint density at radius 3 is 2.21 bits per heavy atom. The number of unbranched alkanes of at least 4 members (excludes halogenated alkanes) is 5. The molecule has 0 aromatic carbocycles. The van der Waals surface area contributed by atoms with E-state index < -0.39 is 0 Å². The lowest BCUT2D eigenvalue weighted by Crippen LogP contribution is -1.77. The minimum Gasteiger partial charge on any atom is -0.0882 e. The largest absolute Gasteiger partial charge is 0.0882 e. The lowest BCUT2D eigenvalue weighted by Gasteiger charge is -1.98. The third kappa shape index (κ3) is 15.2. The van der Waals surface area contributed by atoms with Gasteiger partial charge in [0.25, 0.3) is 0 Å². The van der Waals surface area contributed by atoms with Crippen LogP contribution in [0.1, 0.15) is 85.5 Å². The van der Waals surface area contributed by atoms with Crippen molar-refractivity contribution in [2.75, 3.05) is 0 Å². The van der Waals surface area contributed by atoms with E-state index in [-0.39, 0.29) is 0 Å². The highest BCUT2D eigenvalue weighted by atomic mass is 13.9. The molecule has 0 heterocycles. The van der Waals surface area contributed by atoms with E-state index in [0.29, 0.717) is 0 Å². The molecule has 0 spiro atoms. The zero-order valence-corrected chi connectivity index (χ0v) is 13.7.